The molecule has 0 spiro atoms. The number of carbonyl (C=O) groups excluding carboxylic acids is 2. The number of hydrogen-bond donors (Lipinski definition) is 1. The van der Waals surface area contributed by atoms with Gasteiger partial charge in [0.15, 0.2) is 18.1 Å². The molecule has 0 aliphatic heterocycles. The van der Waals surface area contributed by atoms with Crippen LogP contribution >= 0.6 is 0 Å². The van der Waals surface area contributed by atoms with Gasteiger partial charge in [0, 0.05) is 0 Å². The lowest BCUT2D eigenvalue weighted by Gasteiger charge is -2.11. The highest BCUT2D eigenvalue weighted by atomic mass is 16.5. The summed E-state index contributed by atoms with van der Waals surface area (Å²) in [6.45, 7) is 1.89. The predicted octanol–water partition coefficient (Wildman–Crippen LogP) is 1.03. The fraction of sp³-hybridized carbons (Fsp3) is 0.267. The van der Waals surface area contributed by atoms with Gasteiger partial charge in [0.05, 0.1) is 13.7 Å². The number of methoxy groups -OCH3 is 1. The zero-order valence-electron chi connectivity index (χ0n) is 12.3. The van der Waals surface area contributed by atoms with E-state index in [0.717, 1.165) is 0 Å². The molecule has 22 heavy (non-hydrogen) atoms. The highest BCUT2D eigenvalue weighted by Gasteiger charge is 2.11. The number of nitrogens with two attached hydrogens (primary N) is 1. The van der Waals surface area contributed by atoms with Crippen molar-refractivity contribution < 1.29 is 23.8 Å². The van der Waals surface area contributed by atoms with Gasteiger partial charge in [0.2, 0.25) is 0 Å². The molecule has 0 unspecified atom stereocenters. The SMILES string of the molecule is CCOc1cc(C=C(C#N)C(=O)OC)ccc1OCC(N)=O. The van der Waals surface area contributed by atoms with E-state index in [1.54, 1.807) is 31.2 Å². The molecule has 1 aromatic carbocycles. The van der Waals surface area contributed by atoms with Gasteiger partial charge < -0.3 is 19.9 Å². The fourth-order valence-corrected chi connectivity index (χ4v) is 1.56. The summed E-state index contributed by atoms with van der Waals surface area (Å²) in [5, 5.41) is 8.93. The van der Waals surface area contributed by atoms with Gasteiger partial charge in [0.25, 0.3) is 5.91 Å². The zero-order chi connectivity index (χ0) is 16.5. The molecule has 1 rings (SSSR count). The smallest absolute Gasteiger partial charge is 0.348 e. The van der Waals surface area contributed by atoms with Gasteiger partial charge in [-0.05, 0) is 30.7 Å². The van der Waals surface area contributed by atoms with Gasteiger partial charge in [0.1, 0.15) is 11.6 Å². The second-order valence-corrected chi connectivity index (χ2v) is 4.06. The average Bonchev–Trinajstić information content (AvgIpc) is 2.51. The Morgan fingerprint density at radius 2 is 2.05 bits per heavy atom. The molecule has 1 amide bonds. The topological polar surface area (TPSA) is 112 Å². The minimum absolute atomic E-state index is 0.143. The number of ether oxygens (including phenoxy) is 3. The van der Waals surface area contributed by atoms with Crippen molar-refractivity contribution in [2.45, 2.75) is 6.92 Å². The number of hydrogen-bond acceptors (Lipinski definition) is 6. The van der Waals surface area contributed by atoms with E-state index in [1.807, 2.05) is 0 Å². The lowest BCUT2D eigenvalue weighted by Crippen LogP contribution is -2.20. The maximum Gasteiger partial charge on any atom is 0.348 e. The molecule has 0 aromatic heterocycles. The van der Waals surface area contributed by atoms with Crippen molar-refractivity contribution in [2.75, 3.05) is 20.3 Å². The van der Waals surface area contributed by atoms with E-state index >= 15 is 0 Å². The Kier molecular flexibility index (Phi) is 6.44. The third-order valence-electron chi connectivity index (χ3n) is 2.47. The number of amides is 1. The Morgan fingerprint density at radius 1 is 1.32 bits per heavy atom. The van der Waals surface area contributed by atoms with Crippen molar-refractivity contribution in [2.24, 2.45) is 5.73 Å². The van der Waals surface area contributed by atoms with Crippen LogP contribution in [0.5, 0.6) is 11.5 Å². The van der Waals surface area contributed by atoms with Gasteiger partial charge in [-0.2, -0.15) is 5.26 Å². The van der Waals surface area contributed by atoms with Crippen LogP contribution in [0.1, 0.15) is 12.5 Å². The lowest BCUT2D eigenvalue weighted by atomic mass is 10.1. The summed E-state index contributed by atoms with van der Waals surface area (Å²) in [6.07, 6.45) is 1.37. The minimum Gasteiger partial charge on any atom is -0.490 e. The highest BCUT2D eigenvalue weighted by Crippen LogP contribution is 2.29. The van der Waals surface area contributed by atoms with Crippen LogP contribution in [-0.4, -0.2) is 32.2 Å². The first-order valence-corrected chi connectivity index (χ1v) is 6.39. The first-order valence-electron chi connectivity index (χ1n) is 6.39. The van der Waals surface area contributed by atoms with Crippen LogP contribution in [0.3, 0.4) is 0 Å². The Balaban J connectivity index is 3.11. The molecule has 0 atom stereocenters. The summed E-state index contributed by atoms with van der Waals surface area (Å²) in [5.74, 6) is -0.618. The number of carbonyl (C=O) groups is 2. The average molecular weight is 304 g/mol. The predicted molar refractivity (Wildman–Crippen MR) is 77.9 cm³/mol. The van der Waals surface area contributed by atoms with Gasteiger partial charge in [-0.15, -0.1) is 0 Å². The maximum absolute atomic E-state index is 11.4. The Morgan fingerprint density at radius 3 is 2.59 bits per heavy atom. The molecular weight excluding hydrogens is 288 g/mol. The molecule has 0 aliphatic rings. The van der Waals surface area contributed by atoms with Crippen molar-refractivity contribution in [1.29, 1.82) is 5.26 Å². The van der Waals surface area contributed by atoms with Crippen LogP contribution in [-0.2, 0) is 14.3 Å². The van der Waals surface area contributed by atoms with Crippen LogP contribution in [0, 0.1) is 11.3 Å². The van der Waals surface area contributed by atoms with Gasteiger partial charge in [-0.25, -0.2) is 4.79 Å². The number of esters is 1. The third-order valence-corrected chi connectivity index (χ3v) is 2.47. The van der Waals surface area contributed by atoms with Crippen molar-refractivity contribution in [3.05, 3.63) is 29.3 Å². The van der Waals surface area contributed by atoms with E-state index in [4.69, 9.17) is 20.5 Å². The summed E-state index contributed by atoms with van der Waals surface area (Å²) < 4.78 is 15.1. The molecule has 7 heteroatoms. The van der Waals surface area contributed by atoms with Crippen LogP contribution in [0.15, 0.2) is 23.8 Å². The second kappa shape index (κ2) is 8.32. The molecule has 0 fully saturated rings. The molecule has 0 heterocycles. The Labute approximate surface area is 127 Å². The number of nitriles is 1. The van der Waals surface area contributed by atoms with Crippen LogP contribution in [0.2, 0.25) is 0 Å². The summed E-state index contributed by atoms with van der Waals surface area (Å²) in [5.41, 5.74) is 5.43. The van der Waals surface area contributed by atoms with Crippen molar-refractivity contribution >= 4 is 18.0 Å². The van der Waals surface area contributed by atoms with E-state index in [1.165, 1.54) is 13.2 Å². The normalized spacial score (nSPS) is 10.5. The molecule has 1 aromatic rings. The van der Waals surface area contributed by atoms with E-state index in [9.17, 15) is 9.59 Å². The molecule has 0 bridgehead atoms. The first-order chi connectivity index (χ1) is 10.5. The quantitative estimate of drug-likeness (QED) is 0.457. The Hall–Kier alpha value is -3.01. The molecule has 2 N–H and O–H groups in total. The molecule has 0 saturated heterocycles. The summed E-state index contributed by atoms with van der Waals surface area (Å²) >= 11 is 0. The van der Waals surface area contributed by atoms with E-state index < -0.39 is 11.9 Å². The summed E-state index contributed by atoms with van der Waals surface area (Å²) in [4.78, 5) is 22.1. The van der Waals surface area contributed by atoms with Crippen molar-refractivity contribution in [1.82, 2.24) is 0 Å². The number of rotatable bonds is 7. The molecule has 0 radical (unpaired) electrons. The standard InChI is InChI=1S/C15H16N2O5/c1-3-21-13-7-10(6-11(8-16)15(19)20-2)4-5-12(13)22-9-14(17)18/h4-7H,3,9H2,1-2H3,(H2,17,18). The maximum atomic E-state index is 11.4. The third kappa shape index (κ3) is 4.83. The zero-order valence-corrected chi connectivity index (χ0v) is 12.3. The first kappa shape index (κ1) is 17.0. The van der Waals surface area contributed by atoms with Gasteiger partial charge in [-0.3, -0.25) is 4.79 Å². The number of nitrogens with zero attached hydrogens (tertiary/aromatic N) is 1. The van der Waals surface area contributed by atoms with Gasteiger partial charge >= 0.3 is 5.97 Å². The van der Waals surface area contributed by atoms with E-state index in [2.05, 4.69) is 4.74 Å². The number of primary amides is 1. The monoisotopic (exact) mass is 304 g/mol. The van der Waals surface area contributed by atoms with E-state index in [0.29, 0.717) is 23.7 Å². The lowest BCUT2D eigenvalue weighted by molar-refractivity contribution is -0.135. The van der Waals surface area contributed by atoms with Gasteiger partial charge in [-0.1, -0.05) is 6.07 Å². The summed E-state index contributed by atoms with van der Waals surface area (Å²) in [7, 11) is 1.19. The molecule has 116 valence electrons. The Bertz CT molecular complexity index is 631. The second-order valence-electron chi connectivity index (χ2n) is 4.06. The highest BCUT2D eigenvalue weighted by molar-refractivity contribution is 5.97. The number of benzene rings is 1. The molecular formula is C15H16N2O5. The molecule has 0 saturated carbocycles. The largest absolute Gasteiger partial charge is 0.490 e. The van der Waals surface area contributed by atoms with Crippen LogP contribution in [0.4, 0.5) is 0 Å². The van der Waals surface area contributed by atoms with Crippen LogP contribution in [0.25, 0.3) is 6.08 Å². The van der Waals surface area contributed by atoms with Crippen molar-refractivity contribution in [3.8, 4) is 17.6 Å². The van der Waals surface area contributed by atoms with E-state index in [-0.39, 0.29) is 12.2 Å². The molecule has 7 nitrogen and oxygen atoms in total. The summed E-state index contributed by atoms with van der Waals surface area (Å²) in [6, 6.07) is 6.52. The van der Waals surface area contributed by atoms with Crippen LogP contribution < -0.4 is 15.2 Å². The minimum atomic E-state index is -0.727. The molecule has 0 aliphatic carbocycles. The fourth-order valence-electron chi connectivity index (χ4n) is 1.56. The van der Waals surface area contributed by atoms with Crippen molar-refractivity contribution in [3.63, 3.8) is 0 Å².